The highest BCUT2D eigenvalue weighted by Crippen LogP contribution is 2.29. The lowest BCUT2D eigenvalue weighted by Gasteiger charge is -2.36. The summed E-state index contributed by atoms with van der Waals surface area (Å²) in [4.78, 5) is 26.6. The van der Waals surface area contributed by atoms with Gasteiger partial charge in [0.25, 0.3) is 0 Å². The van der Waals surface area contributed by atoms with Crippen molar-refractivity contribution in [3.63, 3.8) is 0 Å². The number of hydrogen-bond acceptors (Lipinski definition) is 8. The molecule has 0 aliphatic carbocycles. The molecule has 2 heterocycles. The molecule has 1 saturated heterocycles. The molecular weight excluding hydrogens is 410 g/mol. The molecule has 1 aliphatic rings. The molecule has 9 nitrogen and oxygen atoms in total. The number of benzene rings is 1. The van der Waals surface area contributed by atoms with Crippen molar-refractivity contribution < 1.29 is 13.9 Å². The number of aromatic nitrogens is 1. The van der Waals surface area contributed by atoms with E-state index in [1.54, 1.807) is 27.3 Å². The van der Waals surface area contributed by atoms with Crippen LogP contribution in [0.15, 0.2) is 32.5 Å². The summed E-state index contributed by atoms with van der Waals surface area (Å²) in [6.45, 7) is 8.93. The third-order valence-electron chi connectivity index (χ3n) is 5.73. The summed E-state index contributed by atoms with van der Waals surface area (Å²) < 4.78 is 16.3. The summed E-state index contributed by atoms with van der Waals surface area (Å²) in [5, 5.41) is 0.461. The number of piperazine rings is 1. The van der Waals surface area contributed by atoms with Gasteiger partial charge in [-0.25, -0.2) is 9.78 Å². The van der Waals surface area contributed by atoms with Crippen LogP contribution in [0.25, 0.3) is 16.5 Å². The molecule has 0 unspecified atom stereocenters. The van der Waals surface area contributed by atoms with Crippen LogP contribution in [0.3, 0.4) is 0 Å². The Morgan fingerprint density at radius 3 is 2.56 bits per heavy atom. The van der Waals surface area contributed by atoms with E-state index in [4.69, 9.17) is 19.6 Å². The smallest absolute Gasteiger partial charge is 0.347 e. The number of fused-ring (bicyclic) bond motifs is 1. The fourth-order valence-corrected chi connectivity index (χ4v) is 3.97. The molecule has 0 amide bonds. The number of aliphatic imine (C=N–C) groups is 1. The fourth-order valence-electron chi connectivity index (χ4n) is 3.97. The van der Waals surface area contributed by atoms with E-state index in [1.165, 1.54) is 6.20 Å². The molecule has 2 aromatic rings. The molecule has 2 N–H and O–H groups in total. The van der Waals surface area contributed by atoms with E-state index in [2.05, 4.69) is 19.8 Å². The van der Waals surface area contributed by atoms with Crippen LogP contribution in [0.5, 0.6) is 5.75 Å². The minimum atomic E-state index is -0.449. The first-order valence-electron chi connectivity index (χ1n) is 10.8. The molecule has 3 rings (SSSR count). The van der Waals surface area contributed by atoms with Crippen LogP contribution < -0.4 is 16.1 Å². The number of nitrogens with zero attached hydrogens (tertiary/aromatic N) is 4. The highest BCUT2D eigenvalue weighted by atomic mass is 16.5. The molecule has 0 atom stereocenters. The van der Waals surface area contributed by atoms with Gasteiger partial charge in [0.05, 0.1) is 30.2 Å². The van der Waals surface area contributed by atoms with Gasteiger partial charge in [-0.3, -0.25) is 9.89 Å². The normalized spacial score (nSPS) is 16.2. The van der Waals surface area contributed by atoms with Gasteiger partial charge in [0.2, 0.25) is 5.89 Å². The van der Waals surface area contributed by atoms with Gasteiger partial charge >= 0.3 is 5.63 Å². The van der Waals surface area contributed by atoms with Gasteiger partial charge in [0.1, 0.15) is 11.6 Å². The lowest BCUT2D eigenvalue weighted by molar-refractivity contribution is 0.120. The topological polar surface area (TPSA) is 106 Å². The van der Waals surface area contributed by atoms with E-state index in [1.807, 2.05) is 19.9 Å². The van der Waals surface area contributed by atoms with E-state index >= 15 is 0 Å². The largest absolute Gasteiger partial charge is 0.497 e. The molecule has 0 radical (unpaired) electrons. The maximum atomic E-state index is 13.0. The Hall–Kier alpha value is -2.91. The van der Waals surface area contributed by atoms with Crippen LogP contribution in [-0.2, 0) is 4.74 Å². The molecule has 1 fully saturated rings. The van der Waals surface area contributed by atoms with Gasteiger partial charge < -0.3 is 24.5 Å². The maximum absolute atomic E-state index is 13.0. The number of rotatable bonds is 7. The van der Waals surface area contributed by atoms with Crippen LogP contribution in [-0.4, -0.2) is 81.2 Å². The SMILES string of the molecule is CN=C(C(=CN)c1nc2cc(OC)cc(C(C)C)c2c(=O)o1)N1CCN(CCOC)CC1. The van der Waals surface area contributed by atoms with E-state index in [0.29, 0.717) is 34.7 Å². The first-order chi connectivity index (χ1) is 15.4. The van der Waals surface area contributed by atoms with E-state index < -0.39 is 5.63 Å². The Balaban J connectivity index is 1.96. The van der Waals surface area contributed by atoms with E-state index in [9.17, 15) is 4.79 Å². The fraction of sp³-hybridized carbons (Fsp3) is 0.522. The molecule has 1 aromatic heterocycles. The van der Waals surface area contributed by atoms with Crippen molar-refractivity contribution in [2.75, 3.05) is 60.6 Å². The van der Waals surface area contributed by atoms with Gasteiger partial charge in [0.15, 0.2) is 0 Å². The zero-order chi connectivity index (χ0) is 23.3. The van der Waals surface area contributed by atoms with E-state index in [-0.39, 0.29) is 11.8 Å². The standard InChI is InChI=1S/C23H33N5O4/c1-15(2)17-12-16(31-5)13-19-20(17)23(29)32-22(26-19)18(14-24)21(25-3)28-8-6-27(7-9-28)10-11-30-4/h12-15H,6-11,24H2,1-5H3. The summed E-state index contributed by atoms with van der Waals surface area (Å²) in [6, 6.07) is 3.60. The Bertz CT molecular complexity index is 1050. The molecule has 174 valence electrons. The average molecular weight is 444 g/mol. The second-order valence-corrected chi connectivity index (χ2v) is 8.02. The Morgan fingerprint density at radius 2 is 2.00 bits per heavy atom. The third kappa shape index (κ3) is 4.94. The monoisotopic (exact) mass is 443 g/mol. The lowest BCUT2D eigenvalue weighted by atomic mass is 9.98. The number of nitrogens with two attached hydrogens (primary N) is 1. The molecule has 1 aliphatic heterocycles. The first-order valence-corrected chi connectivity index (χ1v) is 10.8. The summed E-state index contributed by atoms with van der Waals surface area (Å²) >= 11 is 0. The van der Waals surface area contributed by atoms with Crippen molar-refractivity contribution >= 4 is 22.3 Å². The number of methoxy groups -OCH3 is 2. The zero-order valence-electron chi connectivity index (χ0n) is 19.6. The third-order valence-corrected chi connectivity index (χ3v) is 5.73. The maximum Gasteiger partial charge on any atom is 0.347 e. The first kappa shape index (κ1) is 23.7. The summed E-state index contributed by atoms with van der Waals surface area (Å²) in [5.41, 5.74) is 7.38. The zero-order valence-corrected chi connectivity index (χ0v) is 19.6. The highest BCUT2D eigenvalue weighted by Gasteiger charge is 2.25. The highest BCUT2D eigenvalue weighted by molar-refractivity contribution is 6.21. The molecule has 1 aromatic carbocycles. The van der Waals surface area contributed by atoms with Crippen molar-refractivity contribution in [3.05, 3.63) is 40.2 Å². The summed E-state index contributed by atoms with van der Waals surface area (Å²) in [6.07, 6.45) is 1.40. The van der Waals surface area contributed by atoms with Crippen molar-refractivity contribution in [2.24, 2.45) is 10.7 Å². The van der Waals surface area contributed by atoms with Gasteiger partial charge in [-0.1, -0.05) is 13.8 Å². The van der Waals surface area contributed by atoms with Crippen molar-refractivity contribution in [1.29, 1.82) is 0 Å². The van der Waals surface area contributed by atoms with Crippen molar-refractivity contribution in [3.8, 4) is 5.75 Å². The molecule has 0 saturated carbocycles. The Labute approximate surface area is 188 Å². The van der Waals surface area contributed by atoms with Gasteiger partial charge in [-0.05, 0) is 17.5 Å². The second-order valence-electron chi connectivity index (χ2n) is 8.02. The average Bonchev–Trinajstić information content (AvgIpc) is 2.80. The van der Waals surface area contributed by atoms with Crippen molar-refractivity contribution in [2.45, 2.75) is 19.8 Å². The van der Waals surface area contributed by atoms with Gasteiger partial charge in [0, 0.05) is 59.1 Å². The molecule has 9 heteroatoms. The minimum absolute atomic E-state index is 0.106. The predicted octanol–water partition coefficient (Wildman–Crippen LogP) is 1.91. The number of amidine groups is 1. The van der Waals surface area contributed by atoms with Gasteiger partial charge in [-0.15, -0.1) is 0 Å². The molecule has 32 heavy (non-hydrogen) atoms. The van der Waals surface area contributed by atoms with Crippen LogP contribution in [0, 0.1) is 0 Å². The Kier molecular flexibility index (Phi) is 7.87. The van der Waals surface area contributed by atoms with E-state index in [0.717, 1.165) is 38.3 Å². The van der Waals surface area contributed by atoms with Crippen LogP contribution in [0.1, 0.15) is 31.2 Å². The molecular formula is C23H33N5O4. The number of hydrogen-bond donors (Lipinski definition) is 1. The second kappa shape index (κ2) is 10.6. The molecule has 0 spiro atoms. The molecule has 0 bridgehead atoms. The minimum Gasteiger partial charge on any atom is -0.497 e. The lowest BCUT2D eigenvalue weighted by Crippen LogP contribution is -2.49. The predicted molar refractivity (Wildman–Crippen MR) is 126 cm³/mol. The number of ether oxygens (including phenoxy) is 2. The van der Waals surface area contributed by atoms with Crippen LogP contribution in [0.4, 0.5) is 0 Å². The van der Waals surface area contributed by atoms with Crippen LogP contribution in [0.2, 0.25) is 0 Å². The summed E-state index contributed by atoms with van der Waals surface area (Å²) in [5.74, 6) is 1.55. The van der Waals surface area contributed by atoms with Crippen LogP contribution >= 0.6 is 0 Å². The quantitative estimate of drug-likeness (QED) is 0.511. The summed E-state index contributed by atoms with van der Waals surface area (Å²) in [7, 11) is 5.01. The Morgan fingerprint density at radius 1 is 1.28 bits per heavy atom. The van der Waals surface area contributed by atoms with Crippen molar-refractivity contribution in [1.82, 2.24) is 14.8 Å². The van der Waals surface area contributed by atoms with Gasteiger partial charge in [-0.2, -0.15) is 0 Å².